The van der Waals surface area contributed by atoms with Crippen molar-refractivity contribution in [3.63, 3.8) is 0 Å². The van der Waals surface area contributed by atoms with E-state index in [1.807, 2.05) is 0 Å². The molecule has 0 saturated carbocycles. The number of alkyl halides is 2. The third kappa shape index (κ3) is 5.55. The zero-order valence-corrected chi connectivity index (χ0v) is 11.6. The van der Waals surface area contributed by atoms with E-state index in [0.717, 1.165) is 25.7 Å². The Kier molecular flexibility index (Phi) is 6.78. The highest BCUT2D eigenvalue weighted by Gasteiger charge is 2.32. The van der Waals surface area contributed by atoms with E-state index in [-0.39, 0.29) is 5.56 Å². The molecule has 1 aromatic rings. The Morgan fingerprint density at radius 3 is 2.63 bits per heavy atom. The fourth-order valence-electron chi connectivity index (χ4n) is 1.77. The second kappa shape index (κ2) is 8.10. The maximum atomic E-state index is 13.9. The summed E-state index contributed by atoms with van der Waals surface area (Å²) in [6.45, 7) is 1.92. The van der Waals surface area contributed by atoms with Crippen molar-refractivity contribution >= 4 is 0 Å². The Morgan fingerprint density at radius 1 is 1.16 bits per heavy atom. The lowest BCUT2D eigenvalue weighted by atomic mass is 10.1. The van der Waals surface area contributed by atoms with Gasteiger partial charge in [-0.05, 0) is 18.6 Å². The molecule has 0 fully saturated rings. The van der Waals surface area contributed by atoms with Crippen molar-refractivity contribution in [2.45, 2.75) is 38.5 Å². The van der Waals surface area contributed by atoms with Crippen LogP contribution in [0.1, 0.15) is 38.2 Å². The molecule has 0 radical (unpaired) electrons. The number of benzene rings is 1. The summed E-state index contributed by atoms with van der Waals surface area (Å²) in [4.78, 5) is 0. The van der Waals surface area contributed by atoms with Gasteiger partial charge in [-0.15, -0.1) is 0 Å². The number of ether oxygens (including phenoxy) is 2. The van der Waals surface area contributed by atoms with Crippen molar-refractivity contribution in [2.75, 3.05) is 20.3 Å². The van der Waals surface area contributed by atoms with Gasteiger partial charge in [-0.3, -0.25) is 0 Å². The van der Waals surface area contributed by atoms with Gasteiger partial charge < -0.3 is 9.47 Å². The predicted molar refractivity (Wildman–Crippen MR) is 71.8 cm³/mol. The van der Waals surface area contributed by atoms with Gasteiger partial charge in [-0.1, -0.05) is 38.3 Å². The molecule has 0 unspecified atom stereocenters. The molecule has 2 nitrogen and oxygen atoms in total. The van der Waals surface area contributed by atoms with E-state index < -0.39 is 12.5 Å². The molecule has 0 atom stereocenters. The molecule has 0 saturated heterocycles. The van der Waals surface area contributed by atoms with E-state index >= 15 is 0 Å². The molecule has 0 bridgehead atoms. The molecule has 0 heterocycles. The molecule has 1 aromatic carbocycles. The summed E-state index contributed by atoms with van der Waals surface area (Å²) < 4.78 is 37.8. The van der Waals surface area contributed by atoms with Crippen LogP contribution in [0.2, 0.25) is 0 Å². The second-order valence-corrected chi connectivity index (χ2v) is 4.55. The molecule has 0 aliphatic rings. The quantitative estimate of drug-likeness (QED) is 0.621. The molecule has 0 spiro atoms. The lowest BCUT2D eigenvalue weighted by molar-refractivity contribution is -0.0832. The van der Waals surface area contributed by atoms with Crippen LogP contribution in [0.4, 0.5) is 8.78 Å². The van der Waals surface area contributed by atoms with Crippen LogP contribution in [0.5, 0.6) is 5.75 Å². The van der Waals surface area contributed by atoms with E-state index in [9.17, 15) is 8.78 Å². The van der Waals surface area contributed by atoms with Crippen LogP contribution >= 0.6 is 0 Å². The van der Waals surface area contributed by atoms with Crippen LogP contribution in [-0.2, 0) is 10.7 Å². The van der Waals surface area contributed by atoms with Crippen molar-refractivity contribution in [2.24, 2.45) is 0 Å². The molecule has 108 valence electrons. The minimum atomic E-state index is -2.97. The number of hydrogen-bond acceptors (Lipinski definition) is 2. The van der Waals surface area contributed by atoms with Gasteiger partial charge in [0.15, 0.2) is 0 Å². The van der Waals surface area contributed by atoms with Gasteiger partial charge in [0.1, 0.15) is 12.4 Å². The zero-order valence-electron chi connectivity index (χ0n) is 11.6. The molecule has 0 N–H and O–H groups in total. The van der Waals surface area contributed by atoms with Gasteiger partial charge in [0.2, 0.25) is 0 Å². The van der Waals surface area contributed by atoms with Gasteiger partial charge in [0.05, 0.1) is 7.11 Å². The SMILES string of the molecule is CCCCCCOCC(F)(F)c1cccc(OC)c1. The van der Waals surface area contributed by atoms with Crippen molar-refractivity contribution < 1.29 is 18.3 Å². The largest absolute Gasteiger partial charge is 0.497 e. The maximum absolute atomic E-state index is 13.9. The first-order chi connectivity index (χ1) is 9.10. The zero-order chi connectivity index (χ0) is 14.1. The van der Waals surface area contributed by atoms with Gasteiger partial charge >= 0.3 is 0 Å². The molecule has 0 aliphatic heterocycles. The maximum Gasteiger partial charge on any atom is 0.296 e. The predicted octanol–water partition coefficient (Wildman–Crippen LogP) is 4.38. The third-order valence-corrected chi connectivity index (χ3v) is 2.92. The summed E-state index contributed by atoms with van der Waals surface area (Å²) in [7, 11) is 1.46. The highest BCUT2D eigenvalue weighted by Crippen LogP contribution is 2.30. The third-order valence-electron chi connectivity index (χ3n) is 2.92. The van der Waals surface area contributed by atoms with Gasteiger partial charge in [-0.2, -0.15) is 8.78 Å². The smallest absolute Gasteiger partial charge is 0.296 e. The minimum Gasteiger partial charge on any atom is -0.497 e. The van der Waals surface area contributed by atoms with Gasteiger partial charge in [-0.25, -0.2) is 0 Å². The monoisotopic (exact) mass is 272 g/mol. The first-order valence-corrected chi connectivity index (χ1v) is 6.70. The fourth-order valence-corrected chi connectivity index (χ4v) is 1.77. The average molecular weight is 272 g/mol. The summed E-state index contributed by atoms with van der Waals surface area (Å²) in [6.07, 6.45) is 4.11. The summed E-state index contributed by atoms with van der Waals surface area (Å²) in [5.41, 5.74) is -0.0691. The average Bonchev–Trinajstić information content (AvgIpc) is 2.43. The Balaban J connectivity index is 2.41. The highest BCUT2D eigenvalue weighted by molar-refractivity contribution is 5.31. The fraction of sp³-hybridized carbons (Fsp3) is 0.600. The van der Waals surface area contributed by atoms with Crippen molar-refractivity contribution in [3.8, 4) is 5.75 Å². The second-order valence-electron chi connectivity index (χ2n) is 4.55. The van der Waals surface area contributed by atoms with Gasteiger partial charge in [0, 0.05) is 12.2 Å². The van der Waals surface area contributed by atoms with Crippen molar-refractivity contribution in [1.82, 2.24) is 0 Å². The number of unbranched alkanes of at least 4 members (excludes halogenated alkanes) is 3. The standard InChI is InChI=1S/C15H22F2O2/c1-3-4-5-6-10-19-12-15(16,17)13-8-7-9-14(11-13)18-2/h7-9,11H,3-6,10,12H2,1-2H3. The van der Waals surface area contributed by atoms with Crippen LogP contribution in [0.25, 0.3) is 0 Å². The van der Waals surface area contributed by atoms with Crippen molar-refractivity contribution in [3.05, 3.63) is 29.8 Å². The first kappa shape index (κ1) is 15.9. The lowest BCUT2D eigenvalue weighted by Crippen LogP contribution is -2.21. The van der Waals surface area contributed by atoms with Crippen molar-refractivity contribution in [1.29, 1.82) is 0 Å². The Morgan fingerprint density at radius 2 is 1.95 bits per heavy atom. The van der Waals surface area contributed by atoms with E-state index in [0.29, 0.717) is 12.4 Å². The Hall–Kier alpha value is -1.16. The normalized spacial score (nSPS) is 11.6. The number of halogens is 2. The summed E-state index contributed by atoms with van der Waals surface area (Å²) in [5, 5.41) is 0. The number of methoxy groups -OCH3 is 1. The Bertz CT molecular complexity index is 367. The molecule has 0 amide bonds. The van der Waals surface area contributed by atoms with E-state index in [2.05, 4.69) is 6.92 Å². The first-order valence-electron chi connectivity index (χ1n) is 6.70. The molecule has 19 heavy (non-hydrogen) atoms. The topological polar surface area (TPSA) is 18.5 Å². The van der Waals surface area contributed by atoms with Crippen LogP contribution in [0, 0.1) is 0 Å². The summed E-state index contributed by atoms with van der Waals surface area (Å²) in [6, 6.07) is 5.94. The van der Waals surface area contributed by atoms with E-state index in [4.69, 9.17) is 9.47 Å². The molecular weight excluding hydrogens is 250 g/mol. The molecule has 4 heteroatoms. The van der Waals surface area contributed by atoms with Crippen LogP contribution in [0.15, 0.2) is 24.3 Å². The van der Waals surface area contributed by atoms with Crippen LogP contribution in [-0.4, -0.2) is 20.3 Å². The number of rotatable bonds is 9. The lowest BCUT2D eigenvalue weighted by Gasteiger charge is -2.17. The minimum absolute atomic E-state index is 0.0691. The van der Waals surface area contributed by atoms with E-state index in [1.165, 1.54) is 19.2 Å². The molecule has 1 rings (SSSR count). The van der Waals surface area contributed by atoms with Crippen LogP contribution in [0.3, 0.4) is 0 Å². The number of hydrogen-bond donors (Lipinski definition) is 0. The molecular formula is C15H22F2O2. The van der Waals surface area contributed by atoms with Crippen LogP contribution < -0.4 is 4.74 Å². The Labute approximate surface area is 113 Å². The van der Waals surface area contributed by atoms with E-state index in [1.54, 1.807) is 12.1 Å². The summed E-state index contributed by atoms with van der Waals surface area (Å²) >= 11 is 0. The summed E-state index contributed by atoms with van der Waals surface area (Å²) in [5.74, 6) is -2.54. The van der Waals surface area contributed by atoms with Gasteiger partial charge in [0.25, 0.3) is 5.92 Å². The molecule has 0 aliphatic carbocycles. The highest BCUT2D eigenvalue weighted by atomic mass is 19.3. The molecule has 0 aromatic heterocycles.